The van der Waals surface area contributed by atoms with Gasteiger partial charge in [0, 0.05) is 0 Å². The molecule has 1 heterocycles. The molecule has 220 valence electrons. The van der Waals surface area contributed by atoms with Crippen molar-refractivity contribution in [3.63, 3.8) is 0 Å². The van der Waals surface area contributed by atoms with Crippen LogP contribution < -0.4 is 24.4 Å². The molecule has 1 aliphatic heterocycles. The lowest BCUT2D eigenvalue weighted by Gasteiger charge is -2.26. The monoisotopic (exact) mass is 598 g/mol. The molecule has 0 aliphatic carbocycles. The number of urea groups is 1. The molecule has 1 aliphatic rings. The summed E-state index contributed by atoms with van der Waals surface area (Å²) >= 11 is 6.66. The lowest BCUT2D eigenvalue weighted by molar-refractivity contribution is -0.122. The first kappa shape index (κ1) is 29.7. The predicted molar refractivity (Wildman–Crippen MR) is 167 cm³/mol. The summed E-state index contributed by atoms with van der Waals surface area (Å²) in [7, 11) is 0. The Kier molecular flexibility index (Phi) is 9.27. The molecule has 0 aromatic heterocycles. The molecule has 4 aromatic carbocycles. The zero-order valence-electron chi connectivity index (χ0n) is 23.9. The topological polar surface area (TPSA) is 94.2 Å². The predicted octanol–water partition coefficient (Wildman–Crippen LogP) is 7.32. The standard InChI is InChI=1S/C34H31ClN2O6/c1-3-5-17-42-26-15-13-25(14-16-26)37-33(39)28(32(38)36-34(37)40)18-22-19-29(35)31(30(20-22)41-4-2)43-21-24-11-8-10-23-9-6-7-12-27(23)24/h6-16,18-20H,3-5,17,21H2,1-2H3,(H,36,38,40)/b28-18-. The number of amides is 4. The molecule has 5 rings (SSSR count). The SMILES string of the molecule is CCCCOc1ccc(N2C(=O)NC(=O)/C(=C/c3cc(Cl)c(OCc4cccc5ccccc45)c(OCC)c3)C2=O)cc1. The van der Waals surface area contributed by atoms with E-state index in [0.29, 0.717) is 41.7 Å². The molecule has 0 bridgehead atoms. The van der Waals surface area contributed by atoms with Crippen molar-refractivity contribution in [3.8, 4) is 17.2 Å². The van der Waals surface area contributed by atoms with Crippen molar-refractivity contribution in [2.24, 2.45) is 0 Å². The van der Waals surface area contributed by atoms with Gasteiger partial charge < -0.3 is 14.2 Å². The number of imide groups is 2. The number of carbonyl (C=O) groups excluding carboxylic acids is 3. The molecule has 0 atom stereocenters. The third kappa shape index (κ3) is 6.65. The molecule has 1 saturated heterocycles. The summed E-state index contributed by atoms with van der Waals surface area (Å²) in [6.07, 6.45) is 3.29. The van der Waals surface area contributed by atoms with Crippen LogP contribution in [0.5, 0.6) is 17.2 Å². The Hall–Kier alpha value is -4.82. The van der Waals surface area contributed by atoms with E-state index < -0.39 is 17.8 Å². The van der Waals surface area contributed by atoms with E-state index in [9.17, 15) is 14.4 Å². The molecular weight excluding hydrogens is 568 g/mol. The summed E-state index contributed by atoms with van der Waals surface area (Å²) in [5.41, 5.74) is 1.48. The molecule has 4 amide bonds. The van der Waals surface area contributed by atoms with E-state index in [1.54, 1.807) is 36.4 Å². The summed E-state index contributed by atoms with van der Waals surface area (Å²) in [5, 5.41) is 4.65. The maximum atomic E-state index is 13.4. The van der Waals surface area contributed by atoms with E-state index in [2.05, 4.69) is 12.2 Å². The van der Waals surface area contributed by atoms with Gasteiger partial charge in [-0.3, -0.25) is 14.9 Å². The zero-order valence-corrected chi connectivity index (χ0v) is 24.6. The van der Waals surface area contributed by atoms with E-state index in [1.165, 1.54) is 6.08 Å². The van der Waals surface area contributed by atoms with Crippen molar-refractivity contribution in [2.75, 3.05) is 18.1 Å². The van der Waals surface area contributed by atoms with Gasteiger partial charge in [-0.15, -0.1) is 0 Å². The number of ether oxygens (including phenoxy) is 3. The van der Waals surface area contributed by atoms with Crippen molar-refractivity contribution < 1.29 is 28.6 Å². The van der Waals surface area contributed by atoms with E-state index >= 15 is 0 Å². The van der Waals surface area contributed by atoms with E-state index in [-0.39, 0.29) is 17.2 Å². The summed E-state index contributed by atoms with van der Waals surface area (Å²) in [5.74, 6) is -0.252. The van der Waals surface area contributed by atoms with Crippen LogP contribution in [-0.2, 0) is 16.2 Å². The molecular formula is C34H31ClN2O6. The Balaban J connectivity index is 1.40. The van der Waals surface area contributed by atoms with Crippen LogP contribution in [0.2, 0.25) is 5.02 Å². The van der Waals surface area contributed by atoms with Crippen LogP contribution in [0.4, 0.5) is 10.5 Å². The number of nitrogens with one attached hydrogen (secondary N) is 1. The number of hydrogen-bond acceptors (Lipinski definition) is 6. The first-order valence-electron chi connectivity index (χ1n) is 14.1. The first-order valence-corrected chi connectivity index (χ1v) is 14.5. The van der Waals surface area contributed by atoms with Crippen LogP contribution >= 0.6 is 11.6 Å². The quantitative estimate of drug-likeness (QED) is 0.110. The first-order chi connectivity index (χ1) is 20.9. The molecule has 8 nitrogen and oxygen atoms in total. The molecule has 0 spiro atoms. The number of nitrogens with zero attached hydrogens (tertiary/aromatic N) is 1. The minimum absolute atomic E-state index is 0.231. The third-order valence-corrected chi connectivity index (χ3v) is 7.14. The molecule has 1 fully saturated rings. The third-order valence-electron chi connectivity index (χ3n) is 6.86. The molecule has 43 heavy (non-hydrogen) atoms. The van der Waals surface area contributed by atoms with Gasteiger partial charge in [0.05, 0.1) is 23.9 Å². The van der Waals surface area contributed by atoms with Crippen molar-refractivity contribution in [3.05, 3.63) is 101 Å². The molecule has 0 radical (unpaired) electrons. The number of hydrogen-bond donors (Lipinski definition) is 1. The summed E-state index contributed by atoms with van der Waals surface area (Å²) in [4.78, 5) is 39.8. The fraction of sp³-hybridized carbons (Fsp3) is 0.206. The number of rotatable bonds is 11. The van der Waals surface area contributed by atoms with Gasteiger partial charge >= 0.3 is 6.03 Å². The minimum Gasteiger partial charge on any atom is -0.494 e. The molecule has 4 aromatic rings. The average Bonchev–Trinajstić information content (AvgIpc) is 3.00. The lowest BCUT2D eigenvalue weighted by atomic mass is 10.1. The van der Waals surface area contributed by atoms with Crippen molar-refractivity contribution >= 4 is 52.0 Å². The van der Waals surface area contributed by atoms with Crippen LogP contribution in [0.3, 0.4) is 0 Å². The lowest BCUT2D eigenvalue weighted by Crippen LogP contribution is -2.54. The summed E-state index contributed by atoms with van der Waals surface area (Å²) in [6.45, 7) is 5.05. The number of carbonyl (C=O) groups is 3. The Morgan fingerprint density at radius 3 is 2.42 bits per heavy atom. The Labute approximate surface area is 254 Å². The van der Waals surface area contributed by atoms with Crippen LogP contribution in [0.25, 0.3) is 16.8 Å². The normalized spacial score (nSPS) is 14.3. The Morgan fingerprint density at radius 1 is 0.884 bits per heavy atom. The number of fused-ring (bicyclic) bond motifs is 1. The minimum atomic E-state index is -0.836. The second-order valence-corrected chi connectivity index (χ2v) is 10.3. The maximum absolute atomic E-state index is 13.4. The highest BCUT2D eigenvalue weighted by Crippen LogP contribution is 2.38. The van der Waals surface area contributed by atoms with E-state index in [0.717, 1.165) is 34.1 Å². The summed E-state index contributed by atoms with van der Waals surface area (Å²) < 4.78 is 17.6. The average molecular weight is 599 g/mol. The Morgan fingerprint density at radius 2 is 1.65 bits per heavy atom. The summed E-state index contributed by atoms with van der Waals surface area (Å²) in [6, 6.07) is 23.0. The van der Waals surface area contributed by atoms with Crippen molar-refractivity contribution in [2.45, 2.75) is 33.3 Å². The number of halogens is 1. The van der Waals surface area contributed by atoms with Gasteiger partial charge in [-0.25, -0.2) is 9.69 Å². The number of barbiturate groups is 1. The highest BCUT2D eigenvalue weighted by Gasteiger charge is 2.37. The number of benzene rings is 4. The molecule has 0 saturated carbocycles. The van der Waals surface area contributed by atoms with Gasteiger partial charge in [-0.1, -0.05) is 67.4 Å². The largest absolute Gasteiger partial charge is 0.494 e. The fourth-order valence-corrected chi connectivity index (χ4v) is 5.00. The van der Waals surface area contributed by atoms with Gasteiger partial charge in [0.15, 0.2) is 11.5 Å². The second-order valence-electron chi connectivity index (χ2n) is 9.84. The van der Waals surface area contributed by atoms with Gasteiger partial charge in [-0.2, -0.15) is 0 Å². The van der Waals surface area contributed by atoms with Crippen LogP contribution in [0, 0.1) is 0 Å². The fourth-order valence-electron chi connectivity index (χ4n) is 4.73. The maximum Gasteiger partial charge on any atom is 0.335 e. The van der Waals surface area contributed by atoms with Gasteiger partial charge in [0.25, 0.3) is 11.8 Å². The van der Waals surface area contributed by atoms with Crippen molar-refractivity contribution in [1.29, 1.82) is 0 Å². The number of anilines is 1. The number of unbranched alkanes of at least 4 members (excludes halogenated alkanes) is 1. The van der Waals surface area contributed by atoms with Crippen LogP contribution in [0.15, 0.2) is 84.4 Å². The van der Waals surface area contributed by atoms with Gasteiger partial charge in [0.1, 0.15) is 17.9 Å². The molecule has 1 N–H and O–H groups in total. The van der Waals surface area contributed by atoms with Crippen LogP contribution in [-0.4, -0.2) is 31.1 Å². The molecule has 9 heteroatoms. The smallest absolute Gasteiger partial charge is 0.335 e. The van der Waals surface area contributed by atoms with Gasteiger partial charge in [-0.05, 0) is 77.7 Å². The van der Waals surface area contributed by atoms with Gasteiger partial charge in [0.2, 0.25) is 0 Å². The zero-order chi connectivity index (χ0) is 30.3. The molecule has 0 unspecified atom stereocenters. The highest BCUT2D eigenvalue weighted by atomic mass is 35.5. The van der Waals surface area contributed by atoms with Crippen molar-refractivity contribution in [1.82, 2.24) is 5.32 Å². The Bertz CT molecular complexity index is 1690. The second kappa shape index (κ2) is 13.4. The van der Waals surface area contributed by atoms with Crippen LogP contribution in [0.1, 0.15) is 37.8 Å². The van der Waals surface area contributed by atoms with E-state index in [1.807, 2.05) is 49.4 Å². The van der Waals surface area contributed by atoms with E-state index in [4.69, 9.17) is 25.8 Å². The highest BCUT2D eigenvalue weighted by molar-refractivity contribution is 6.39.